The zero-order valence-corrected chi connectivity index (χ0v) is 12.5. The highest BCUT2D eigenvalue weighted by Crippen LogP contribution is 2.36. The molecule has 2 unspecified atom stereocenters. The lowest BCUT2D eigenvalue weighted by molar-refractivity contribution is 0.336. The molecule has 102 valence electrons. The molecule has 1 aliphatic carbocycles. The summed E-state index contributed by atoms with van der Waals surface area (Å²) in [5.41, 5.74) is 0. The highest BCUT2D eigenvalue weighted by atomic mass is 32.1. The van der Waals surface area contributed by atoms with Gasteiger partial charge in [0.15, 0.2) is 0 Å². The molecule has 0 radical (unpaired) electrons. The van der Waals surface area contributed by atoms with Crippen LogP contribution in [0.1, 0.15) is 51.3 Å². The van der Waals surface area contributed by atoms with Crippen LogP contribution in [0.2, 0.25) is 0 Å². The summed E-state index contributed by atoms with van der Waals surface area (Å²) in [6.45, 7) is 5.37. The summed E-state index contributed by atoms with van der Waals surface area (Å²) in [6, 6.07) is 2.12. The van der Waals surface area contributed by atoms with Crippen LogP contribution < -0.4 is 5.32 Å². The minimum absolute atomic E-state index is 0.549. The lowest BCUT2D eigenvalue weighted by atomic mass is 9.82. The number of rotatable bonds is 3. The molecule has 19 heavy (non-hydrogen) atoms. The molecule has 0 saturated heterocycles. The second kappa shape index (κ2) is 5.45. The summed E-state index contributed by atoms with van der Waals surface area (Å²) >= 11 is 1.72. The first-order valence-corrected chi connectivity index (χ1v) is 8.15. The van der Waals surface area contributed by atoms with E-state index in [0.717, 1.165) is 28.9 Å². The standard InChI is InChI=1S/C15H21N3S/c1-3-16-14-12-7-8-19-15(12)18-13(17-14)11-6-4-5-10(2)9-11/h7-8,10-11H,3-6,9H2,1-2H3,(H,16,17,18). The van der Waals surface area contributed by atoms with Crippen LogP contribution in [0.5, 0.6) is 0 Å². The normalized spacial score (nSPS) is 23.7. The molecule has 0 amide bonds. The van der Waals surface area contributed by atoms with Gasteiger partial charge in [-0.25, -0.2) is 9.97 Å². The largest absolute Gasteiger partial charge is 0.370 e. The van der Waals surface area contributed by atoms with Gasteiger partial charge in [0, 0.05) is 12.5 Å². The molecule has 0 spiro atoms. The van der Waals surface area contributed by atoms with Gasteiger partial charge in [0.25, 0.3) is 0 Å². The lowest BCUT2D eigenvalue weighted by Gasteiger charge is -2.25. The van der Waals surface area contributed by atoms with Gasteiger partial charge in [-0.05, 0) is 37.1 Å². The molecule has 0 aliphatic heterocycles. The molecule has 2 atom stereocenters. The van der Waals surface area contributed by atoms with Crippen LogP contribution >= 0.6 is 11.3 Å². The van der Waals surface area contributed by atoms with Gasteiger partial charge in [-0.1, -0.05) is 19.8 Å². The van der Waals surface area contributed by atoms with Gasteiger partial charge in [-0.2, -0.15) is 0 Å². The van der Waals surface area contributed by atoms with Crippen LogP contribution in [0, 0.1) is 5.92 Å². The molecular weight excluding hydrogens is 254 g/mol. The maximum absolute atomic E-state index is 4.81. The van der Waals surface area contributed by atoms with Gasteiger partial charge in [-0.3, -0.25) is 0 Å². The second-order valence-corrected chi connectivity index (χ2v) is 6.46. The van der Waals surface area contributed by atoms with Crippen molar-refractivity contribution in [1.82, 2.24) is 9.97 Å². The molecule has 2 aromatic rings. The predicted molar refractivity (Wildman–Crippen MR) is 82.0 cm³/mol. The summed E-state index contributed by atoms with van der Waals surface area (Å²) in [5, 5.41) is 6.65. The Morgan fingerprint density at radius 3 is 3.05 bits per heavy atom. The van der Waals surface area contributed by atoms with Crippen LogP contribution in [-0.4, -0.2) is 16.5 Å². The molecule has 0 bridgehead atoms. The fraction of sp³-hybridized carbons (Fsp3) is 0.600. The van der Waals surface area contributed by atoms with Crippen molar-refractivity contribution in [3.8, 4) is 0 Å². The van der Waals surface area contributed by atoms with Crippen molar-refractivity contribution in [2.75, 3.05) is 11.9 Å². The Morgan fingerprint density at radius 2 is 2.26 bits per heavy atom. The van der Waals surface area contributed by atoms with Gasteiger partial charge in [0.1, 0.15) is 16.5 Å². The van der Waals surface area contributed by atoms with Crippen molar-refractivity contribution in [2.45, 2.75) is 45.4 Å². The Hall–Kier alpha value is -1.16. The van der Waals surface area contributed by atoms with Crippen molar-refractivity contribution in [3.05, 3.63) is 17.3 Å². The van der Waals surface area contributed by atoms with Crippen LogP contribution in [-0.2, 0) is 0 Å². The molecule has 2 aromatic heterocycles. The third-order valence-electron chi connectivity index (χ3n) is 3.99. The topological polar surface area (TPSA) is 37.8 Å². The summed E-state index contributed by atoms with van der Waals surface area (Å²) in [7, 11) is 0. The van der Waals surface area contributed by atoms with Gasteiger partial charge in [0.2, 0.25) is 0 Å². The average Bonchev–Trinajstić information content (AvgIpc) is 2.87. The maximum atomic E-state index is 4.81. The van der Waals surface area contributed by atoms with E-state index >= 15 is 0 Å². The Morgan fingerprint density at radius 1 is 1.37 bits per heavy atom. The fourth-order valence-corrected chi connectivity index (χ4v) is 3.80. The summed E-state index contributed by atoms with van der Waals surface area (Å²) in [4.78, 5) is 10.7. The highest BCUT2D eigenvalue weighted by molar-refractivity contribution is 7.16. The summed E-state index contributed by atoms with van der Waals surface area (Å²) in [5.74, 6) is 3.43. The van der Waals surface area contributed by atoms with Crippen LogP contribution in [0.25, 0.3) is 10.2 Å². The van der Waals surface area contributed by atoms with Crippen molar-refractivity contribution in [2.24, 2.45) is 5.92 Å². The SMILES string of the molecule is CCNc1nc(C2CCCC(C)C2)nc2sccc12. The molecule has 0 aromatic carbocycles. The first-order valence-electron chi connectivity index (χ1n) is 7.27. The van der Waals surface area contributed by atoms with E-state index in [1.807, 2.05) is 0 Å². The first kappa shape index (κ1) is 12.9. The number of thiophene rings is 1. The van der Waals surface area contributed by atoms with Crippen LogP contribution in [0.4, 0.5) is 5.82 Å². The van der Waals surface area contributed by atoms with E-state index in [9.17, 15) is 0 Å². The molecular formula is C15H21N3S. The van der Waals surface area contributed by atoms with Crippen molar-refractivity contribution in [3.63, 3.8) is 0 Å². The van der Waals surface area contributed by atoms with Crippen molar-refractivity contribution < 1.29 is 0 Å². The van der Waals surface area contributed by atoms with Gasteiger partial charge >= 0.3 is 0 Å². The Labute approximate surface area is 118 Å². The highest BCUT2D eigenvalue weighted by Gasteiger charge is 2.23. The van der Waals surface area contributed by atoms with Gasteiger partial charge < -0.3 is 5.32 Å². The van der Waals surface area contributed by atoms with Crippen LogP contribution in [0.15, 0.2) is 11.4 Å². The van der Waals surface area contributed by atoms with E-state index in [-0.39, 0.29) is 0 Å². The van der Waals surface area contributed by atoms with E-state index in [1.165, 1.54) is 31.1 Å². The quantitative estimate of drug-likeness (QED) is 0.901. The average molecular weight is 275 g/mol. The number of hydrogen-bond acceptors (Lipinski definition) is 4. The molecule has 1 saturated carbocycles. The third kappa shape index (κ3) is 2.59. The minimum atomic E-state index is 0.549. The number of anilines is 1. The van der Waals surface area contributed by atoms with Crippen LogP contribution in [0.3, 0.4) is 0 Å². The van der Waals surface area contributed by atoms with E-state index in [0.29, 0.717) is 5.92 Å². The molecule has 4 heteroatoms. The van der Waals surface area contributed by atoms with Crippen molar-refractivity contribution in [1.29, 1.82) is 0 Å². The Balaban J connectivity index is 1.98. The molecule has 3 nitrogen and oxygen atoms in total. The van der Waals surface area contributed by atoms with E-state index < -0.39 is 0 Å². The Kier molecular flexibility index (Phi) is 3.69. The molecule has 3 rings (SSSR count). The summed E-state index contributed by atoms with van der Waals surface area (Å²) in [6.07, 6.45) is 5.15. The Bertz CT molecular complexity index is 564. The number of fused-ring (bicyclic) bond motifs is 1. The second-order valence-electron chi connectivity index (χ2n) is 5.57. The summed E-state index contributed by atoms with van der Waals surface area (Å²) < 4.78 is 0. The smallest absolute Gasteiger partial charge is 0.138 e. The van der Waals surface area contributed by atoms with E-state index in [2.05, 4.69) is 30.6 Å². The van der Waals surface area contributed by atoms with E-state index in [4.69, 9.17) is 9.97 Å². The zero-order valence-electron chi connectivity index (χ0n) is 11.6. The zero-order chi connectivity index (χ0) is 13.2. The fourth-order valence-electron chi connectivity index (χ4n) is 3.03. The predicted octanol–water partition coefficient (Wildman–Crippen LogP) is 4.42. The molecule has 2 heterocycles. The molecule has 1 aliphatic rings. The lowest BCUT2D eigenvalue weighted by Crippen LogP contribution is -2.15. The minimum Gasteiger partial charge on any atom is -0.370 e. The monoisotopic (exact) mass is 275 g/mol. The van der Waals surface area contributed by atoms with Gasteiger partial charge in [0.05, 0.1) is 5.39 Å². The first-order chi connectivity index (χ1) is 9.28. The van der Waals surface area contributed by atoms with E-state index in [1.54, 1.807) is 11.3 Å². The maximum Gasteiger partial charge on any atom is 0.138 e. The number of hydrogen-bond donors (Lipinski definition) is 1. The number of nitrogens with zero attached hydrogens (tertiary/aromatic N) is 2. The molecule has 1 N–H and O–H groups in total. The van der Waals surface area contributed by atoms with Gasteiger partial charge in [-0.15, -0.1) is 11.3 Å². The van der Waals surface area contributed by atoms with Crippen molar-refractivity contribution >= 4 is 27.4 Å². The number of nitrogens with one attached hydrogen (secondary N) is 1. The third-order valence-corrected chi connectivity index (χ3v) is 4.79. The number of aromatic nitrogens is 2. The molecule has 1 fully saturated rings.